The number of nitrogens with zero attached hydrogens (tertiary/aromatic N) is 2. The maximum absolute atomic E-state index is 14.4. The minimum atomic E-state index is -2.52. The average Bonchev–Trinajstić information content (AvgIpc) is 2.11. The van der Waals surface area contributed by atoms with Gasteiger partial charge in [0.15, 0.2) is 0 Å². The van der Waals surface area contributed by atoms with Crippen molar-refractivity contribution in [1.82, 2.24) is 9.80 Å². The van der Waals surface area contributed by atoms with Gasteiger partial charge in [-0.25, -0.2) is 8.78 Å². The molecule has 0 bridgehead atoms. The monoisotopic (exact) mass is 260 g/mol. The van der Waals surface area contributed by atoms with E-state index >= 15 is 0 Å². The zero-order valence-corrected chi connectivity index (χ0v) is 12.0. The summed E-state index contributed by atoms with van der Waals surface area (Å²) < 4.78 is 28.7. The lowest BCUT2D eigenvalue weighted by molar-refractivity contribution is -0.230. The van der Waals surface area contributed by atoms with Gasteiger partial charge in [-0.2, -0.15) is 0 Å². The fourth-order valence-electron chi connectivity index (χ4n) is 3.24. The van der Waals surface area contributed by atoms with E-state index in [0.29, 0.717) is 31.5 Å². The second-order valence-electron chi connectivity index (χ2n) is 6.86. The molecule has 1 spiro atoms. The van der Waals surface area contributed by atoms with Gasteiger partial charge >= 0.3 is 0 Å². The molecule has 0 radical (unpaired) electrons. The lowest BCUT2D eigenvalue weighted by Gasteiger charge is -2.58. The van der Waals surface area contributed by atoms with Crippen LogP contribution in [-0.4, -0.2) is 54.5 Å². The molecular weight excluding hydrogens is 234 g/mol. The molecule has 106 valence electrons. The first-order valence-corrected chi connectivity index (χ1v) is 7.10. The van der Waals surface area contributed by atoms with E-state index in [-0.39, 0.29) is 6.54 Å². The van der Waals surface area contributed by atoms with Crippen molar-refractivity contribution in [2.45, 2.75) is 46.1 Å². The van der Waals surface area contributed by atoms with Gasteiger partial charge in [0.05, 0.1) is 12.0 Å². The largest absolute Gasteiger partial charge is 0.299 e. The third-order valence-corrected chi connectivity index (χ3v) is 4.47. The quantitative estimate of drug-likeness (QED) is 0.770. The van der Waals surface area contributed by atoms with E-state index in [1.807, 2.05) is 4.90 Å². The highest BCUT2D eigenvalue weighted by Crippen LogP contribution is 2.50. The fourth-order valence-corrected chi connectivity index (χ4v) is 3.24. The summed E-state index contributed by atoms with van der Waals surface area (Å²) in [5.41, 5.74) is -0.731. The first-order chi connectivity index (χ1) is 8.26. The minimum Gasteiger partial charge on any atom is -0.299 e. The third-order valence-electron chi connectivity index (χ3n) is 4.47. The van der Waals surface area contributed by atoms with Crippen LogP contribution in [0.5, 0.6) is 0 Å². The average molecular weight is 260 g/mol. The predicted octanol–water partition coefficient (Wildman–Crippen LogP) is 2.69. The van der Waals surface area contributed by atoms with Crippen LogP contribution in [0.3, 0.4) is 0 Å². The van der Waals surface area contributed by atoms with Crippen LogP contribution in [0, 0.1) is 11.3 Å². The van der Waals surface area contributed by atoms with Gasteiger partial charge in [-0.3, -0.25) is 9.80 Å². The van der Waals surface area contributed by atoms with Crippen molar-refractivity contribution < 1.29 is 8.78 Å². The van der Waals surface area contributed by atoms with E-state index in [1.165, 1.54) is 0 Å². The Labute approximate surface area is 109 Å². The highest BCUT2D eigenvalue weighted by Gasteiger charge is 2.62. The number of likely N-dealkylation sites (tertiary alicyclic amines) is 2. The molecule has 0 aromatic heterocycles. The zero-order chi connectivity index (χ0) is 13.6. The number of hydrogen-bond donors (Lipinski definition) is 0. The van der Waals surface area contributed by atoms with E-state index in [9.17, 15) is 8.78 Å². The summed E-state index contributed by atoms with van der Waals surface area (Å²) in [5, 5.41) is 0. The topological polar surface area (TPSA) is 6.48 Å². The number of halogens is 2. The maximum Gasteiger partial charge on any atom is 0.268 e. The molecule has 0 amide bonds. The zero-order valence-electron chi connectivity index (χ0n) is 12.0. The molecule has 0 aromatic carbocycles. The second kappa shape index (κ2) is 4.71. The Morgan fingerprint density at radius 1 is 1.06 bits per heavy atom. The van der Waals surface area contributed by atoms with Crippen molar-refractivity contribution in [3.05, 3.63) is 0 Å². The standard InChI is InChI=1S/C14H26F2N2/c1-11(2)7-17-6-5-13(14(15,16)10-17)8-18(9-13)12(3)4/h11-12H,5-10H2,1-4H3. The van der Waals surface area contributed by atoms with Crippen LogP contribution < -0.4 is 0 Å². The highest BCUT2D eigenvalue weighted by molar-refractivity contribution is 5.08. The van der Waals surface area contributed by atoms with Crippen molar-refractivity contribution in [3.8, 4) is 0 Å². The summed E-state index contributed by atoms with van der Waals surface area (Å²) in [6, 6.07) is 0.389. The van der Waals surface area contributed by atoms with E-state index in [2.05, 4.69) is 32.6 Å². The van der Waals surface area contributed by atoms with Crippen LogP contribution in [0.25, 0.3) is 0 Å². The molecule has 2 heterocycles. The second-order valence-corrected chi connectivity index (χ2v) is 6.86. The Balaban J connectivity index is 1.97. The SMILES string of the molecule is CC(C)CN1CCC2(CN(C(C)C)C2)C(F)(F)C1. The van der Waals surface area contributed by atoms with Crippen molar-refractivity contribution in [3.63, 3.8) is 0 Å². The summed E-state index contributed by atoms with van der Waals surface area (Å²) in [6.07, 6.45) is 0.649. The van der Waals surface area contributed by atoms with Crippen LogP contribution in [0.4, 0.5) is 8.78 Å². The molecule has 0 aromatic rings. The van der Waals surface area contributed by atoms with E-state index in [4.69, 9.17) is 0 Å². The van der Waals surface area contributed by atoms with Crippen LogP contribution in [0.15, 0.2) is 0 Å². The van der Waals surface area contributed by atoms with E-state index in [0.717, 1.165) is 13.1 Å². The summed E-state index contributed by atoms with van der Waals surface area (Å²) >= 11 is 0. The van der Waals surface area contributed by atoms with Crippen molar-refractivity contribution >= 4 is 0 Å². The van der Waals surface area contributed by atoms with Crippen LogP contribution in [0.1, 0.15) is 34.1 Å². The molecule has 0 atom stereocenters. The Morgan fingerprint density at radius 3 is 2.11 bits per heavy atom. The summed E-state index contributed by atoms with van der Waals surface area (Å²) in [4.78, 5) is 4.10. The normalized spacial score (nSPS) is 28.0. The molecule has 18 heavy (non-hydrogen) atoms. The van der Waals surface area contributed by atoms with Crippen molar-refractivity contribution in [2.24, 2.45) is 11.3 Å². The molecule has 4 heteroatoms. The maximum atomic E-state index is 14.4. The molecule has 2 saturated heterocycles. The van der Waals surface area contributed by atoms with Gasteiger partial charge in [-0.1, -0.05) is 13.8 Å². The van der Waals surface area contributed by atoms with E-state index in [1.54, 1.807) is 0 Å². The summed E-state index contributed by atoms with van der Waals surface area (Å²) in [6.45, 7) is 11.1. The molecule has 2 aliphatic rings. The van der Waals surface area contributed by atoms with Gasteiger partial charge < -0.3 is 0 Å². The predicted molar refractivity (Wildman–Crippen MR) is 70.0 cm³/mol. The van der Waals surface area contributed by atoms with E-state index < -0.39 is 11.3 Å². The molecule has 2 rings (SSSR count). The lowest BCUT2D eigenvalue weighted by atomic mass is 9.68. The van der Waals surface area contributed by atoms with Gasteiger partial charge in [0.2, 0.25) is 0 Å². The first kappa shape index (κ1) is 14.2. The smallest absolute Gasteiger partial charge is 0.268 e. The number of alkyl halides is 2. The number of hydrogen-bond acceptors (Lipinski definition) is 2. The first-order valence-electron chi connectivity index (χ1n) is 7.10. The Kier molecular flexibility index (Phi) is 3.72. The van der Waals surface area contributed by atoms with Gasteiger partial charge in [0.1, 0.15) is 0 Å². The van der Waals surface area contributed by atoms with Crippen LogP contribution in [0.2, 0.25) is 0 Å². The van der Waals surface area contributed by atoms with Gasteiger partial charge in [0, 0.05) is 25.7 Å². The van der Waals surface area contributed by atoms with Gasteiger partial charge in [0.25, 0.3) is 5.92 Å². The number of piperidine rings is 1. The summed E-state index contributed by atoms with van der Waals surface area (Å²) in [7, 11) is 0. The van der Waals surface area contributed by atoms with Crippen molar-refractivity contribution in [2.75, 3.05) is 32.7 Å². The highest BCUT2D eigenvalue weighted by atomic mass is 19.3. The third kappa shape index (κ3) is 2.42. The molecule has 0 aliphatic carbocycles. The molecule has 2 fully saturated rings. The fraction of sp³-hybridized carbons (Fsp3) is 1.00. The van der Waals surface area contributed by atoms with Crippen LogP contribution in [-0.2, 0) is 0 Å². The summed E-state index contributed by atoms with van der Waals surface area (Å²) in [5.74, 6) is -2.06. The number of rotatable bonds is 3. The Morgan fingerprint density at radius 2 is 1.67 bits per heavy atom. The minimum absolute atomic E-state index is 0.0445. The molecule has 2 aliphatic heterocycles. The lowest BCUT2D eigenvalue weighted by Crippen LogP contribution is -2.71. The Bertz CT molecular complexity index is 296. The van der Waals surface area contributed by atoms with Gasteiger partial charge in [-0.05, 0) is 32.7 Å². The molecule has 2 nitrogen and oxygen atoms in total. The van der Waals surface area contributed by atoms with Crippen molar-refractivity contribution in [1.29, 1.82) is 0 Å². The molecular formula is C14H26F2N2. The van der Waals surface area contributed by atoms with Gasteiger partial charge in [-0.15, -0.1) is 0 Å². The Hall–Kier alpha value is -0.220. The molecule has 0 saturated carbocycles. The van der Waals surface area contributed by atoms with Crippen LogP contribution >= 0.6 is 0 Å². The molecule has 0 N–H and O–H groups in total. The molecule has 0 unspecified atom stereocenters.